The van der Waals surface area contributed by atoms with E-state index < -0.39 is 16.0 Å². The number of benzene rings is 1. The van der Waals surface area contributed by atoms with Crippen molar-refractivity contribution in [3.63, 3.8) is 0 Å². The molecule has 23 heavy (non-hydrogen) atoms. The molecular formula is C15H20BrNO5S. The van der Waals surface area contributed by atoms with E-state index in [1.807, 2.05) is 6.92 Å². The second-order valence-electron chi connectivity index (χ2n) is 5.46. The minimum absolute atomic E-state index is 0.0173. The molecule has 0 saturated carbocycles. The summed E-state index contributed by atoms with van der Waals surface area (Å²) in [5.74, 6) is -1.15. The molecule has 1 heterocycles. The van der Waals surface area contributed by atoms with Gasteiger partial charge in [0.25, 0.3) is 0 Å². The highest BCUT2D eigenvalue weighted by Crippen LogP contribution is 2.29. The molecule has 0 aliphatic carbocycles. The van der Waals surface area contributed by atoms with Crippen LogP contribution in [-0.2, 0) is 14.8 Å². The fraction of sp³-hybridized carbons (Fsp3) is 0.533. The molecule has 2 rings (SSSR count). The Morgan fingerprint density at radius 3 is 2.78 bits per heavy atom. The molecule has 1 atom stereocenters. The standard InChI is InChI=1S/C15H20BrNO5S/c1-3-22-12-5-4-6-17(9-12)23(20,21)14-8-11(16)7-13(10(14)2)15(18)19/h7-8,12H,3-6,9H2,1-2H3,(H,18,19). The zero-order valence-corrected chi connectivity index (χ0v) is 15.5. The van der Waals surface area contributed by atoms with Crippen molar-refractivity contribution in [2.24, 2.45) is 0 Å². The van der Waals surface area contributed by atoms with E-state index in [9.17, 15) is 18.3 Å². The second kappa shape index (κ2) is 7.29. The molecule has 0 amide bonds. The van der Waals surface area contributed by atoms with Crippen LogP contribution in [0.3, 0.4) is 0 Å². The van der Waals surface area contributed by atoms with Crippen LogP contribution in [0.4, 0.5) is 0 Å². The lowest BCUT2D eigenvalue weighted by molar-refractivity contribution is 0.0265. The monoisotopic (exact) mass is 405 g/mol. The van der Waals surface area contributed by atoms with E-state index in [0.717, 1.165) is 12.8 Å². The maximum atomic E-state index is 12.9. The topological polar surface area (TPSA) is 83.9 Å². The van der Waals surface area contributed by atoms with Crippen LogP contribution in [0.2, 0.25) is 0 Å². The van der Waals surface area contributed by atoms with Crippen LogP contribution < -0.4 is 0 Å². The Morgan fingerprint density at radius 2 is 2.17 bits per heavy atom. The summed E-state index contributed by atoms with van der Waals surface area (Å²) in [6.07, 6.45) is 1.44. The third-order valence-corrected chi connectivity index (χ3v) is 6.37. The van der Waals surface area contributed by atoms with Gasteiger partial charge in [-0.1, -0.05) is 15.9 Å². The number of rotatable bonds is 5. The molecule has 8 heteroatoms. The summed E-state index contributed by atoms with van der Waals surface area (Å²) >= 11 is 3.20. The summed E-state index contributed by atoms with van der Waals surface area (Å²) in [5, 5.41) is 9.25. The first-order chi connectivity index (χ1) is 10.8. The first-order valence-corrected chi connectivity index (χ1v) is 9.65. The third-order valence-electron chi connectivity index (χ3n) is 3.92. The number of ether oxygens (including phenoxy) is 1. The Balaban J connectivity index is 2.42. The van der Waals surface area contributed by atoms with Gasteiger partial charge in [-0.05, 0) is 44.4 Å². The van der Waals surface area contributed by atoms with Gasteiger partial charge in [-0.25, -0.2) is 13.2 Å². The minimum Gasteiger partial charge on any atom is -0.478 e. The van der Waals surface area contributed by atoms with Crippen molar-refractivity contribution in [2.45, 2.75) is 37.7 Å². The summed E-state index contributed by atoms with van der Waals surface area (Å²) in [4.78, 5) is 11.3. The lowest BCUT2D eigenvalue weighted by atomic mass is 10.1. The highest BCUT2D eigenvalue weighted by Gasteiger charge is 2.32. The molecule has 0 aromatic heterocycles. The summed E-state index contributed by atoms with van der Waals surface area (Å²) in [7, 11) is -3.76. The van der Waals surface area contributed by atoms with Gasteiger partial charge in [0.1, 0.15) is 0 Å². The van der Waals surface area contributed by atoms with E-state index in [4.69, 9.17) is 4.74 Å². The van der Waals surface area contributed by atoms with Crippen molar-refractivity contribution < 1.29 is 23.1 Å². The number of halogens is 1. The maximum Gasteiger partial charge on any atom is 0.336 e. The van der Waals surface area contributed by atoms with Gasteiger partial charge >= 0.3 is 5.97 Å². The van der Waals surface area contributed by atoms with E-state index in [0.29, 0.717) is 24.2 Å². The molecule has 0 radical (unpaired) electrons. The number of carbonyl (C=O) groups is 1. The van der Waals surface area contributed by atoms with Gasteiger partial charge in [0.2, 0.25) is 10.0 Å². The first kappa shape index (κ1) is 18.4. The van der Waals surface area contributed by atoms with Gasteiger partial charge in [-0.2, -0.15) is 4.31 Å². The van der Waals surface area contributed by atoms with Crippen LogP contribution in [0.5, 0.6) is 0 Å². The highest BCUT2D eigenvalue weighted by molar-refractivity contribution is 9.10. The number of hydrogen-bond donors (Lipinski definition) is 1. The van der Waals surface area contributed by atoms with Crippen LogP contribution in [0.1, 0.15) is 35.7 Å². The average molecular weight is 406 g/mol. The quantitative estimate of drug-likeness (QED) is 0.813. The van der Waals surface area contributed by atoms with Crippen molar-refractivity contribution in [3.05, 3.63) is 27.7 Å². The van der Waals surface area contributed by atoms with Crippen LogP contribution in [0, 0.1) is 6.92 Å². The predicted molar refractivity (Wildman–Crippen MR) is 89.2 cm³/mol. The number of nitrogens with zero attached hydrogens (tertiary/aromatic N) is 1. The van der Waals surface area contributed by atoms with Gasteiger partial charge in [-0.15, -0.1) is 0 Å². The zero-order valence-electron chi connectivity index (χ0n) is 13.1. The first-order valence-electron chi connectivity index (χ1n) is 7.42. The molecule has 0 bridgehead atoms. The molecule has 1 N–H and O–H groups in total. The second-order valence-corrected chi connectivity index (χ2v) is 8.29. The summed E-state index contributed by atoms with van der Waals surface area (Å²) in [6, 6.07) is 2.87. The molecule has 1 aliphatic heterocycles. The molecule has 1 aliphatic rings. The van der Waals surface area contributed by atoms with Crippen molar-refractivity contribution in [2.75, 3.05) is 19.7 Å². The molecule has 6 nitrogen and oxygen atoms in total. The number of carboxylic acids is 1. The number of hydrogen-bond acceptors (Lipinski definition) is 4. The lowest BCUT2D eigenvalue weighted by Crippen LogP contribution is -2.43. The fourth-order valence-corrected chi connectivity index (χ4v) is 5.17. The normalized spacial score (nSPS) is 19.7. The van der Waals surface area contributed by atoms with Gasteiger partial charge in [-0.3, -0.25) is 0 Å². The van der Waals surface area contributed by atoms with Gasteiger partial charge in [0.05, 0.1) is 16.6 Å². The largest absolute Gasteiger partial charge is 0.478 e. The smallest absolute Gasteiger partial charge is 0.336 e. The minimum atomic E-state index is -3.76. The average Bonchev–Trinajstić information content (AvgIpc) is 2.49. The van der Waals surface area contributed by atoms with Gasteiger partial charge in [0, 0.05) is 24.2 Å². The molecule has 128 valence electrons. The van der Waals surface area contributed by atoms with Crippen LogP contribution in [0.15, 0.2) is 21.5 Å². The van der Waals surface area contributed by atoms with Crippen molar-refractivity contribution in [1.82, 2.24) is 4.31 Å². The van der Waals surface area contributed by atoms with Crippen molar-refractivity contribution in [1.29, 1.82) is 0 Å². The molecule has 1 aromatic rings. The lowest BCUT2D eigenvalue weighted by Gasteiger charge is -2.32. The zero-order chi connectivity index (χ0) is 17.2. The molecule has 1 unspecified atom stereocenters. The number of aromatic carboxylic acids is 1. The molecule has 1 saturated heterocycles. The van der Waals surface area contributed by atoms with Crippen molar-refractivity contribution in [3.8, 4) is 0 Å². The molecule has 0 spiro atoms. The third kappa shape index (κ3) is 3.93. The summed E-state index contributed by atoms with van der Waals surface area (Å²) in [6.45, 7) is 4.65. The van der Waals surface area contributed by atoms with E-state index in [-0.39, 0.29) is 22.1 Å². The molecule has 1 fully saturated rings. The Kier molecular flexibility index (Phi) is 5.83. The Hall–Kier alpha value is -0.960. The van der Waals surface area contributed by atoms with E-state index >= 15 is 0 Å². The summed E-state index contributed by atoms with van der Waals surface area (Å²) in [5.41, 5.74) is 0.232. The van der Waals surface area contributed by atoms with E-state index in [1.54, 1.807) is 0 Å². The Bertz CT molecular complexity index is 702. The predicted octanol–water partition coefficient (Wildman–Crippen LogP) is 2.65. The molecule has 1 aromatic carbocycles. The van der Waals surface area contributed by atoms with Crippen LogP contribution in [0.25, 0.3) is 0 Å². The number of piperidine rings is 1. The SMILES string of the molecule is CCOC1CCCN(S(=O)(=O)c2cc(Br)cc(C(=O)O)c2C)C1. The Morgan fingerprint density at radius 1 is 1.48 bits per heavy atom. The number of sulfonamides is 1. The Labute approximate surface area is 144 Å². The van der Waals surface area contributed by atoms with E-state index in [1.165, 1.54) is 23.4 Å². The molecular weight excluding hydrogens is 386 g/mol. The maximum absolute atomic E-state index is 12.9. The fourth-order valence-electron chi connectivity index (χ4n) is 2.78. The van der Waals surface area contributed by atoms with Crippen LogP contribution in [-0.4, -0.2) is 49.6 Å². The summed E-state index contributed by atoms with van der Waals surface area (Å²) < 4.78 is 33.2. The highest BCUT2D eigenvalue weighted by atomic mass is 79.9. The van der Waals surface area contributed by atoms with Crippen molar-refractivity contribution >= 4 is 31.9 Å². The number of carboxylic acid groups (broad SMARTS) is 1. The van der Waals surface area contributed by atoms with Gasteiger partial charge < -0.3 is 9.84 Å². The van der Waals surface area contributed by atoms with Gasteiger partial charge in [0.15, 0.2) is 0 Å². The van der Waals surface area contributed by atoms with E-state index in [2.05, 4.69) is 15.9 Å². The van der Waals surface area contributed by atoms with Crippen LogP contribution >= 0.6 is 15.9 Å².